The number of aromatic nitrogens is 1. The molecule has 0 radical (unpaired) electrons. The fourth-order valence-corrected chi connectivity index (χ4v) is 2.74. The summed E-state index contributed by atoms with van der Waals surface area (Å²) in [4.78, 5) is 26.4. The van der Waals surface area contributed by atoms with Crippen molar-refractivity contribution in [3.05, 3.63) is 73.5 Å². The largest absolute Gasteiger partial charge is 0.508 e. The van der Waals surface area contributed by atoms with E-state index in [1.807, 2.05) is 0 Å². The van der Waals surface area contributed by atoms with Crippen LogP contribution in [0, 0.1) is 0 Å². The molecule has 0 unspecified atom stereocenters. The number of hydrogen-bond donors (Lipinski definition) is 2. The molecule has 6 heteroatoms. The van der Waals surface area contributed by atoms with Crippen LogP contribution in [-0.2, 0) is 0 Å². The van der Waals surface area contributed by atoms with Crippen LogP contribution in [0.15, 0.2) is 51.9 Å². The Morgan fingerprint density at radius 1 is 1.23 bits per heavy atom. The van der Waals surface area contributed by atoms with Crippen LogP contribution in [0.1, 0.15) is 16.1 Å². The third-order valence-electron chi connectivity index (χ3n) is 2.90. The van der Waals surface area contributed by atoms with E-state index in [4.69, 9.17) is 4.42 Å². The SMILES string of the molecule is O=C(C=c1[nH]c(=O)c(=Cc2ccc(O)cc2)s1)c1ccco1. The first kappa shape index (κ1) is 14.1. The molecule has 0 saturated carbocycles. The standard InChI is InChI=1S/C16H11NO4S/c18-11-5-3-10(4-6-11)8-14-16(20)17-15(22-14)9-12(19)13-2-1-7-21-13/h1-9,18H,(H,17,20). The zero-order chi connectivity index (χ0) is 15.5. The Kier molecular flexibility index (Phi) is 3.76. The van der Waals surface area contributed by atoms with Gasteiger partial charge in [0, 0.05) is 6.08 Å². The normalized spacial score (nSPS) is 12.7. The summed E-state index contributed by atoms with van der Waals surface area (Å²) in [5, 5.41) is 9.24. The first-order valence-electron chi connectivity index (χ1n) is 6.41. The van der Waals surface area contributed by atoms with E-state index in [9.17, 15) is 14.7 Å². The summed E-state index contributed by atoms with van der Waals surface area (Å²) in [5.74, 6) is 0.0762. The smallest absolute Gasteiger partial charge is 0.266 e. The van der Waals surface area contributed by atoms with E-state index in [-0.39, 0.29) is 22.9 Å². The maximum atomic E-state index is 11.9. The topological polar surface area (TPSA) is 83.3 Å². The van der Waals surface area contributed by atoms with Crippen molar-refractivity contribution in [2.24, 2.45) is 0 Å². The number of furan rings is 1. The number of Topliss-reactive ketones (excluding diaryl/α,β-unsaturated/α-hetero) is 1. The van der Waals surface area contributed by atoms with E-state index in [2.05, 4.69) is 4.98 Å². The molecule has 2 N–H and O–H groups in total. The van der Waals surface area contributed by atoms with Gasteiger partial charge in [-0.1, -0.05) is 12.1 Å². The summed E-state index contributed by atoms with van der Waals surface area (Å²) in [6.45, 7) is 0. The molecule has 3 rings (SSSR count). The Hall–Kier alpha value is -2.86. The first-order valence-corrected chi connectivity index (χ1v) is 7.23. The van der Waals surface area contributed by atoms with Gasteiger partial charge in [-0.2, -0.15) is 0 Å². The molecule has 0 saturated heterocycles. The van der Waals surface area contributed by atoms with Gasteiger partial charge in [0.2, 0.25) is 5.78 Å². The van der Waals surface area contributed by atoms with E-state index in [1.165, 1.54) is 23.7 Å². The lowest BCUT2D eigenvalue weighted by Gasteiger charge is -1.91. The van der Waals surface area contributed by atoms with Gasteiger partial charge in [0.05, 0.1) is 15.5 Å². The van der Waals surface area contributed by atoms with Crippen molar-refractivity contribution in [2.75, 3.05) is 0 Å². The Balaban J connectivity index is 1.99. The Bertz CT molecular complexity index is 963. The fourth-order valence-electron chi connectivity index (χ4n) is 1.86. The van der Waals surface area contributed by atoms with Gasteiger partial charge in [-0.25, -0.2) is 0 Å². The zero-order valence-electron chi connectivity index (χ0n) is 11.3. The molecule has 2 heterocycles. The summed E-state index contributed by atoms with van der Waals surface area (Å²) in [6.07, 6.45) is 4.44. The number of thiazole rings is 1. The monoisotopic (exact) mass is 313 g/mol. The van der Waals surface area contributed by atoms with Crippen LogP contribution in [0.3, 0.4) is 0 Å². The number of benzene rings is 1. The second kappa shape index (κ2) is 5.87. The van der Waals surface area contributed by atoms with Crippen LogP contribution in [0.4, 0.5) is 0 Å². The zero-order valence-corrected chi connectivity index (χ0v) is 12.1. The number of ketones is 1. The van der Waals surface area contributed by atoms with Gasteiger partial charge in [-0.3, -0.25) is 9.59 Å². The molecule has 0 aliphatic rings. The number of aromatic hydroxyl groups is 1. The maximum Gasteiger partial charge on any atom is 0.266 e. The number of carbonyl (C=O) groups excluding carboxylic acids is 1. The highest BCUT2D eigenvalue weighted by atomic mass is 32.1. The van der Waals surface area contributed by atoms with Gasteiger partial charge in [-0.15, -0.1) is 11.3 Å². The van der Waals surface area contributed by atoms with E-state index in [0.29, 0.717) is 9.20 Å². The summed E-state index contributed by atoms with van der Waals surface area (Å²) >= 11 is 1.18. The number of carbonyl (C=O) groups is 1. The number of hydrogen-bond acceptors (Lipinski definition) is 5. The molecule has 2 aromatic heterocycles. The average Bonchev–Trinajstić information content (AvgIpc) is 3.12. The van der Waals surface area contributed by atoms with Crippen molar-refractivity contribution in [3.63, 3.8) is 0 Å². The summed E-state index contributed by atoms with van der Waals surface area (Å²) < 4.78 is 5.94. The predicted octanol–water partition coefficient (Wildman–Crippen LogP) is 1.23. The van der Waals surface area contributed by atoms with E-state index >= 15 is 0 Å². The molecule has 0 spiro atoms. The first-order chi connectivity index (χ1) is 10.6. The number of H-pyrrole nitrogens is 1. The number of aromatic amines is 1. The molecular formula is C16H11NO4S. The second-order valence-corrected chi connectivity index (χ2v) is 5.59. The average molecular weight is 313 g/mol. The van der Waals surface area contributed by atoms with Gasteiger partial charge in [0.1, 0.15) is 5.75 Å². The van der Waals surface area contributed by atoms with Crippen molar-refractivity contribution in [3.8, 4) is 5.75 Å². The van der Waals surface area contributed by atoms with Crippen molar-refractivity contribution in [1.82, 2.24) is 4.98 Å². The van der Waals surface area contributed by atoms with Crippen LogP contribution in [-0.4, -0.2) is 15.9 Å². The lowest BCUT2D eigenvalue weighted by atomic mass is 10.2. The fraction of sp³-hybridized carbons (Fsp3) is 0. The summed E-state index contributed by atoms with van der Waals surface area (Å²) in [7, 11) is 0. The van der Waals surface area contributed by atoms with E-state index in [1.54, 1.807) is 42.5 Å². The minimum absolute atomic E-state index is 0.162. The highest BCUT2D eigenvalue weighted by molar-refractivity contribution is 7.07. The van der Waals surface area contributed by atoms with Crippen molar-refractivity contribution in [1.29, 1.82) is 0 Å². The highest BCUT2D eigenvalue weighted by Crippen LogP contribution is 2.09. The van der Waals surface area contributed by atoms with Crippen LogP contribution >= 0.6 is 11.3 Å². The van der Waals surface area contributed by atoms with Crippen LogP contribution in [0.25, 0.3) is 12.2 Å². The summed E-state index contributed by atoms with van der Waals surface area (Å²) in [6, 6.07) is 9.68. The van der Waals surface area contributed by atoms with Crippen LogP contribution < -0.4 is 14.8 Å². The second-order valence-electron chi connectivity index (χ2n) is 4.51. The molecule has 0 aliphatic heterocycles. The molecule has 3 aromatic rings. The predicted molar refractivity (Wildman–Crippen MR) is 83.4 cm³/mol. The highest BCUT2D eigenvalue weighted by Gasteiger charge is 2.05. The van der Waals surface area contributed by atoms with Crippen molar-refractivity contribution in [2.45, 2.75) is 0 Å². The number of nitrogens with one attached hydrogen (secondary N) is 1. The van der Waals surface area contributed by atoms with Gasteiger partial charge in [0.15, 0.2) is 5.76 Å². The van der Waals surface area contributed by atoms with Crippen LogP contribution in [0.5, 0.6) is 5.75 Å². The molecule has 110 valence electrons. The van der Waals surface area contributed by atoms with Crippen molar-refractivity contribution >= 4 is 29.3 Å². The minimum Gasteiger partial charge on any atom is -0.508 e. The molecule has 0 aliphatic carbocycles. The summed E-state index contributed by atoms with van der Waals surface area (Å²) in [5.41, 5.74) is 0.519. The van der Waals surface area contributed by atoms with Crippen LogP contribution in [0.2, 0.25) is 0 Å². The lowest BCUT2D eigenvalue weighted by Crippen LogP contribution is -2.19. The molecule has 0 bridgehead atoms. The Morgan fingerprint density at radius 2 is 2.00 bits per heavy atom. The minimum atomic E-state index is -0.307. The Morgan fingerprint density at radius 3 is 2.68 bits per heavy atom. The molecule has 22 heavy (non-hydrogen) atoms. The maximum absolute atomic E-state index is 11.9. The third-order valence-corrected chi connectivity index (χ3v) is 3.86. The molecular weight excluding hydrogens is 302 g/mol. The quantitative estimate of drug-likeness (QED) is 0.712. The van der Waals surface area contributed by atoms with Gasteiger partial charge in [-0.05, 0) is 35.9 Å². The van der Waals surface area contributed by atoms with Crippen molar-refractivity contribution < 1.29 is 14.3 Å². The lowest BCUT2D eigenvalue weighted by molar-refractivity contribution is 0.103. The van der Waals surface area contributed by atoms with Gasteiger partial charge >= 0.3 is 0 Å². The molecule has 5 nitrogen and oxygen atoms in total. The van der Waals surface area contributed by atoms with Gasteiger partial charge in [0.25, 0.3) is 5.56 Å². The Labute approximate surface area is 128 Å². The molecule has 0 fully saturated rings. The molecule has 1 aromatic carbocycles. The number of phenols is 1. The molecule has 0 atom stereocenters. The molecule has 0 amide bonds. The number of rotatable bonds is 3. The van der Waals surface area contributed by atoms with E-state index in [0.717, 1.165) is 5.56 Å². The van der Waals surface area contributed by atoms with E-state index < -0.39 is 0 Å². The van der Waals surface area contributed by atoms with Gasteiger partial charge < -0.3 is 14.5 Å². The third kappa shape index (κ3) is 3.07. The number of phenolic OH excluding ortho intramolecular Hbond substituents is 1.